The maximum atomic E-state index is 11.6. The minimum absolute atomic E-state index is 0.388. The fourth-order valence-corrected chi connectivity index (χ4v) is 2.99. The van der Waals surface area contributed by atoms with E-state index in [4.69, 9.17) is 23.7 Å². The van der Waals surface area contributed by atoms with Crippen LogP contribution in [0.2, 0.25) is 0 Å². The van der Waals surface area contributed by atoms with Crippen molar-refractivity contribution in [3.63, 3.8) is 0 Å². The van der Waals surface area contributed by atoms with Gasteiger partial charge in [0, 0.05) is 27.7 Å². The van der Waals surface area contributed by atoms with Crippen LogP contribution in [0, 0.1) is 5.92 Å². The zero-order valence-electron chi connectivity index (χ0n) is 15.3. The summed E-state index contributed by atoms with van der Waals surface area (Å²) in [7, 11) is 0. The normalized spacial score (nSPS) is 30.8. The molecular weight excluding hydrogens is 348 g/mol. The van der Waals surface area contributed by atoms with Crippen LogP contribution in [0.25, 0.3) is 0 Å². The van der Waals surface area contributed by atoms with Gasteiger partial charge in [-0.05, 0) is 12.3 Å². The van der Waals surface area contributed by atoms with Gasteiger partial charge in [-0.1, -0.05) is 12.8 Å². The Balaban J connectivity index is 2.35. The third kappa shape index (κ3) is 5.69. The first-order valence-corrected chi connectivity index (χ1v) is 8.51. The first kappa shape index (κ1) is 20.2. The molecule has 2 rings (SSSR count). The fourth-order valence-electron chi connectivity index (χ4n) is 2.99. The van der Waals surface area contributed by atoms with Crippen molar-refractivity contribution in [3.8, 4) is 0 Å². The summed E-state index contributed by atoms with van der Waals surface area (Å²) in [5.74, 6) is -2.19. The first-order valence-electron chi connectivity index (χ1n) is 8.51. The summed E-state index contributed by atoms with van der Waals surface area (Å²) < 4.78 is 26.8. The molecule has 0 radical (unpaired) electrons. The lowest BCUT2D eigenvalue weighted by Gasteiger charge is -2.44. The summed E-state index contributed by atoms with van der Waals surface area (Å²) in [5.41, 5.74) is 0. The van der Waals surface area contributed by atoms with Crippen molar-refractivity contribution in [2.24, 2.45) is 5.92 Å². The molecule has 1 heterocycles. The lowest BCUT2D eigenvalue weighted by Crippen LogP contribution is -2.62. The highest BCUT2D eigenvalue weighted by Gasteiger charge is 2.53. The fraction of sp³-hybridized carbons (Fsp3) is 0.765. The van der Waals surface area contributed by atoms with E-state index in [1.807, 2.05) is 0 Å². The summed E-state index contributed by atoms with van der Waals surface area (Å²) >= 11 is 0. The molecule has 0 aromatic carbocycles. The number of carbonyl (C=O) groups excluding carboxylic acids is 4. The molecule has 1 saturated carbocycles. The van der Waals surface area contributed by atoms with Gasteiger partial charge in [-0.25, -0.2) is 0 Å². The maximum absolute atomic E-state index is 11.6. The highest BCUT2D eigenvalue weighted by Crippen LogP contribution is 2.39. The SMILES string of the molecule is CC(=O)OC1O[C@@H](CC2CC2)[C@@H](OC(C)=O)[C@@H](OC(C)=O)[C@H]1OC(C)=O. The molecule has 9 heteroatoms. The largest absolute Gasteiger partial charge is 0.456 e. The van der Waals surface area contributed by atoms with Crippen LogP contribution < -0.4 is 0 Å². The molecule has 2 fully saturated rings. The quantitative estimate of drug-likeness (QED) is 0.495. The van der Waals surface area contributed by atoms with Crippen molar-refractivity contribution in [3.05, 3.63) is 0 Å². The zero-order valence-corrected chi connectivity index (χ0v) is 15.3. The second-order valence-corrected chi connectivity index (χ2v) is 6.55. The topological polar surface area (TPSA) is 114 Å². The van der Waals surface area contributed by atoms with Gasteiger partial charge in [0.25, 0.3) is 0 Å². The number of hydrogen-bond donors (Lipinski definition) is 0. The van der Waals surface area contributed by atoms with Crippen LogP contribution in [0.5, 0.6) is 0 Å². The van der Waals surface area contributed by atoms with Crippen LogP contribution in [-0.2, 0) is 42.9 Å². The Labute approximate surface area is 151 Å². The van der Waals surface area contributed by atoms with Crippen molar-refractivity contribution >= 4 is 23.9 Å². The van der Waals surface area contributed by atoms with Crippen LogP contribution in [0.15, 0.2) is 0 Å². The maximum Gasteiger partial charge on any atom is 0.305 e. The van der Waals surface area contributed by atoms with Gasteiger partial charge in [0.2, 0.25) is 12.4 Å². The molecule has 0 N–H and O–H groups in total. The molecule has 5 atom stereocenters. The Morgan fingerprint density at radius 1 is 0.731 bits per heavy atom. The minimum atomic E-state index is -1.27. The molecule has 2 aliphatic rings. The van der Waals surface area contributed by atoms with Crippen LogP contribution >= 0.6 is 0 Å². The standard InChI is InChI=1S/C17H24O9/c1-8(18)22-14-13(7-12-5-6-12)26-17(25-11(4)21)16(24-10(3)20)15(14)23-9(2)19/h12-17H,5-7H2,1-4H3/t13-,14+,15+,16+,17?/m0/s1. The molecule has 1 saturated heterocycles. The molecule has 1 aliphatic heterocycles. The number of esters is 4. The Morgan fingerprint density at radius 3 is 1.65 bits per heavy atom. The van der Waals surface area contributed by atoms with E-state index >= 15 is 0 Å². The summed E-state index contributed by atoms with van der Waals surface area (Å²) in [6.45, 7) is 4.75. The molecular formula is C17H24O9. The Kier molecular flexibility index (Phi) is 6.57. The van der Waals surface area contributed by atoms with E-state index in [2.05, 4.69) is 0 Å². The lowest BCUT2D eigenvalue weighted by atomic mass is 9.94. The molecule has 1 aliphatic carbocycles. The number of carbonyl (C=O) groups is 4. The van der Waals surface area contributed by atoms with E-state index in [1.165, 1.54) is 20.8 Å². The molecule has 0 bridgehead atoms. The molecule has 0 amide bonds. The van der Waals surface area contributed by atoms with Gasteiger partial charge in [0.1, 0.15) is 6.10 Å². The van der Waals surface area contributed by atoms with Crippen LogP contribution in [0.1, 0.15) is 47.0 Å². The number of hydrogen-bond acceptors (Lipinski definition) is 9. The third-order valence-electron chi connectivity index (χ3n) is 4.04. The van der Waals surface area contributed by atoms with E-state index in [9.17, 15) is 19.2 Å². The van der Waals surface area contributed by atoms with E-state index in [-0.39, 0.29) is 0 Å². The van der Waals surface area contributed by atoms with Gasteiger partial charge in [-0.2, -0.15) is 0 Å². The van der Waals surface area contributed by atoms with Gasteiger partial charge in [0.05, 0.1) is 0 Å². The smallest absolute Gasteiger partial charge is 0.305 e. The van der Waals surface area contributed by atoms with Gasteiger partial charge in [-0.15, -0.1) is 0 Å². The van der Waals surface area contributed by atoms with Gasteiger partial charge < -0.3 is 23.7 Å². The van der Waals surface area contributed by atoms with Crippen molar-refractivity contribution in [1.29, 1.82) is 0 Å². The minimum Gasteiger partial charge on any atom is -0.456 e. The summed E-state index contributed by atoms with van der Waals surface area (Å²) in [5, 5.41) is 0. The number of rotatable bonds is 6. The molecule has 146 valence electrons. The summed E-state index contributed by atoms with van der Waals surface area (Å²) in [4.78, 5) is 46.1. The summed E-state index contributed by atoms with van der Waals surface area (Å²) in [6.07, 6.45) is -2.74. The van der Waals surface area contributed by atoms with Crippen LogP contribution in [0.3, 0.4) is 0 Å². The average molecular weight is 372 g/mol. The van der Waals surface area contributed by atoms with E-state index in [0.29, 0.717) is 12.3 Å². The Bertz CT molecular complexity index is 569. The van der Waals surface area contributed by atoms with E-state index < -0.39 is 54.6 Å². The van der Waals surface area contributed by atoms with E-state index in [1.54, 1.807) is 0 Å². The molecule has 0 aromatic rings. The monoisotopic (exact) mass is 372 g/mol. The molecule has 26 heavy (non-hydrogen) atoms. The van der Waals surface area contributed by atoms with Gasteiger partial charge in [-0.3, -0.25) is 19.2 Å². The van der Waals surface area contributed by atoms with Crippen molar-refractivity contribution in [1.82, 2.24) is 0 Å². The predicted molar refractivity (Wildman–Crippen MR) is 84.4 cm³/mol. The predicted octanol–water partition coefficient (Wildman–Crippen LogP) is 0.870. The second-order valence-electron chi connectivity index (χ2n) is 6.55. The van der Waals surface area contributed by atoms with Gasteiger partial charge >= 0.3 is 23.9 Å². The zero-order chi connectivity index (χ0) is 19.4. The van der Waals surface area contributed by atoms with Gasteiger partial charge in [0.15, 0.2) is 12.2 Å². The van der Waals surface area contributed by atoms with Crippen molar-refractivity contribution in [2.45, 2.75) is 77.7 Å². The second kappa shape index (κ2) is 8.48. The van der Waals surface area contributed by atoms with Crippen molar-refractivity contribution in [2.75, 3.05) is 0 Å². The lowest BCUT2D eigenvalue weighted by molar-refractivity contribution is -0.297. The average Bonchev–Trinajstić information content (AvgIpc) is 3.28. The highest BCUT2D eigenvalue weighted by molar-refractivity contribution is 5.69. The first-order chi connectivity index (χ1) is 12.2. The molecule has 0 aromatic heterocycles. The Hall–Kier alpha value is -2.16. The summed E-state index contributed by atoms with van der Waals surface area (Å²) in [6, 6.07) is 0. The molecule has 0 spiro atoms. The van der Waals surface area contributed by atoms with Crippen LogP contribution in [-0.4, -0.2) is 54.6 Å². The van der Waals surface area contributed by atoms with Crippen molar-refractivity contribution < 1.29 is 42.9 Å². The van der Waals surface area contributed by atoms with E-state index in [0.717, 1.165) is 19.8 Å². The third-order valence-corrected chi connectivity index (χ3v) is 4.04. The Morgan fingerprint density at radius 2 is 1.19 bits per heavy atom. The number of ether oxygens (including phenoxy) is 5. The molecule has 9 nitrogen and oxygen atoms in total. The van der Waals surface area contributed by atoms with Crippen LogP contribution in [0.4, 0.5) is 0 Å². The highest BCUT2D eigenvalue weighted by atomic mass is 16.7. The molecule has 1 unspecified atom stereocenters.